The van der Waals surface area contributed by atoms with Gasteiger partial charge in [0.15, 0.2) is 0 Å². The van der Waals surface area contributed by atoms with Crippen LogP contribution in [0.2, 0.25) is 0 Å². The third-order valence-electron chi connectivity index (χ3n) is 5.28. The summed E-state index contributed by atoms with van der Waals surface area (Å²) >= 11 is 0. The predicted octanol–water partition coefficient (Wildman–Crippen LogP) is 3.93. The number of hydrogen-bond acceptors (Lipinski definition) is 2. The lowest BCUT2D eigenvalue weighted by Crippen LogP contribution is -2.24. The molecule has 20 heavy (non-hydrogen) atoms. The van der Waals surface area contributed by atoms with Gasteiger partial charge in [-0.25, -0.2) is 0 Å². The quantitative estimate of drug-likeness (QED) is 0.907. The van der Waals surface area contributed by atoms with E-state index < -0.39 is 0 Å². The molecule has 104 valence electrons. The number of aromatic nitrogens is 1. The first kappa shape index (κ1) is 12.3. The maximum atomic E-state index is 4.65. The van der Waals surface area contributed by atoms with Gasteiger partial charge in [0.05, 0.1) is 5.52 Å². The zero-order valence-corrected chi connectivity index (χ0v) is 12.0. The summed E-state index contributed by atoms with van der Waals surface area (Å²) in [6, 6.07) is 11.3. The largest absolute Gasteiger partial charge is 0.310 e. The molecule has 0 radical (unpaired) electrons. The number of nitrogens with zero attached hydrogens (tertiary/aromatic N) is 1. The minimum atomic E-state index is 0.494. The number of pyridine rings is 1. The van der Waals surface area contributed by atoms with E-state index in [1.807, 2.05) is 12.3 Å². The van der Waals surface area contributed by atoms with Crippen molar-refractivity contribution in [2.75, 3.05) is 6.54 Å². The summed E-state index contributed by atoms with van der Waals surface area (Å²) in [5.41, 5.74) is 2.59. The van der Waals surface area contributed by atoms with E-state index in [1.54, 1.807) is 0 Å². The highest BCUT2D eigenvalue weighted by atomic mass is 14.9. The number of fused-ring (bicyclic) bond motifs is 2. The van der Waals surface area contributed by atoms with Gasteiger partial charge in [-0.2, -0.15) is 0 Å². The van der Waals surface area contributed by atoms with E-state index >= 15 is 0 Å². The zero-order valence-electron chi connectivity index (χ0n) is 12.0. The fourth-order valence-corrected chi connectivity index (χ4v) is 4.42. The van der Waals surface area contributed by atoms with Gasteiger partial charge in [0.25, 0.3) is 0 Å². The van der Waals surface area contributed by atoms with E-state index in [4.69, 9.17) is 0 Å². The second-order valence-corrected chi connectivity index (χ2v) is 6.29. The molecular weight excluding hydrogens is 244 g/mol. The Morgan fingerprint density at radius 2 is 2.00 bits per heavy atom. The normalized spacial score (nSPS) is 29.4. The van der Waals surface area contributed by atoms with Gasteiger partial charge in [0, 0.05) is 17.6 Å². The molecule has 3 unspecified atom stereocenters. The Bertz CT molecular complexity index is 606. The van der Waals surface area contributed by atoms with Gasteiger partial charge in [-0.05, 0) is 48.8 Å². The molecule has 2 saturated carbocycles. The van der Waals surface area contributed by atoms with Crippen LogP contribution in [0.25, 0.3) is 10.9 Å². The first-order valence-electron chi connectivity index (χ1n) is 7.97. The Kier molecular flexibility index (Phi) is 2.99. The van der Waals surface area contributed by atoms with Crippen LogP contribution in [0.1, 0.15) is 37.8 Å². The fourth-order valence-electron chi connectivity index (χ4n) is 4.42. The van der Waals surface area contributed by atoms with E-state index in [1.165, 1.54) is 35.7 Å². The predicted molar refractivity (Wildman–Crippen MR) is 82.5 cm³/mol. The van der Waals surface area contributed by atoms with E-state index in [9.17, 15) is 0 Å². The van der Waals surface area contributed by atoms with Crippen molar-refractivity contribution in [2.24, 2.45) is 17.8 Å². The van der Waals surface area contributed by atoms with Crippen LogP contribution < -0.4 is 5.32 Å². The summed E-state index contributed by atoms with van der Waals surface area (Å²) in [4.78, 5) is 4.65. The van der Waals surface area contributed by atoms with Crippen molar-refractivity contribution in [1.82, 2.24) is 10.3 Å². The molecule has 1 N–H and O–H groups in total. The Hall–Kier alpha value is -1.41. The highest BCUT2D eigenvalue weighted by Crippen LogP contribution is 2.62. The summed E-state index contributed by atoms with van der Waals surface area (Å²) in [7, 11) is 0. The van der Waals surface area contributed by atoms with Crippen LogP contribution in [0.5, 0.6) is 0 Å². The first-order valence-corrected chi connectivity index (χ1v) is 7.97. The molecule has 2 fully saturated rings. The van der Waals surface area contributed by atoms with Crippen LogP contribution in [0, 0.1) is 17.8 Å². The number of rotatable bonds is 4. The molecule has 0 aliphatic heterocycles. The third-order valence-corrected chi connectivity index (χ3v) is 5.28. The molecule has 0 bridgehead atoms. The lowest BCUT2D eigenvalue weighted by molar-refractivity contribution is 0.427. The van der Waals surface area contributed by atoms with E-state index in [-0.39, 0.29) is 0 Å². The van der Waals surface area contributed by atoms with Crippen LogP contribution in [0.4, 0.5) is 0 Å². The smallest absolute Gasteiger partial charge is 0.0749 e. The monoisotopic (exact) mass is 266 g/mol. The molecule has 2 nitrogen and oxygen atoms in total. The molecule has 0 saturated heterocycles. The van der Waals surface area contributed by atoms with E-state index in [2.05, 4.69) is 41.5 Å². The zero-order chi connectivity index (χ0) is 13.5. The molecule has 1 aromatic heterocycles. The van der Waals surface area contributed by atoms with Crippen molar-refractivity contribution >= 4 is 10.9 Å². The van der Waals surface area contributed by atoms with Gasteiger partial charge < -0.3 is 5.32 Å². The minimum absolute atomic E-state index is 0.494. The van der Waals surface area contributed by atoms with Crippen LogP contribution in [0.15, 0.2) is 36.5 Å². The summed E-state index contributed by atoms with van der Waals surface area (Å²) in [6.07, 6.45) is 6.24. The Balaban J connectivity index is 1.75. The standard InChI is InChI=1S/C18H22N2/c1-2-19-18(16-13-8-4-9-14(13)16)15-10-3-6-12-7-5-11-20-17(12)15/h3,5-7,10-11,13-14,16,18-19H,2,4,8-9H2,1H3. The molecule has 4 rings (SSSR count). The summed E-state index contributed by atoms with van der Waals surface area (Å²) in [5, 5.41) is 5.00. The van der Waals surface area contributed by atoms with Gasteiger partial charge >= 0.3 is 0 Å². The average Bonchev–Trinajstić information content (AvgIpc) is 2.95. The molecule has 2 aromatic rings. The SMILES string of the molecule is CCNC(c1cccc2cccnc12)C1C2CCCC21. The summed E-state index contributed by atoms with van der Waals surface area (Å²) < 4.78 is 0. The maximum absolute atomic E-state index is 4.65. The molecule has 1 aromatic carbocycles. The highest BCUT2D eigenvalue weighted by Gasteiger charge is 2.56. The van der Waals surface area contributed by atoms with Crippen LogP contribution in [-0.2, 0) is 0 Å². The van der Waals surface area contributed by atoms with E-state index in [0.29, 0.717) is 6.04 Å². The Morgan fingerprint density at radius 1 is 1.20 bits per heavy atom. The number of nitrogens with one attached hydrogen (secondary N) is 1. The molecule has 2 aliphatic rings. The Morgan fingerprint density at radius 3 is 2.80 bits per heavy atom. The third kappa shape index (κ3) is 1.86. The lowest BCUT2D eigenvalue weighted by Gasteiger charge is -2.21. The van der Waals surface area contributed by atoms with Crippen molar-refractivity contribution in [3.63, 3.8) is 0 Å². The summed E-state index contributed by atoms with van der Waals surface area (Å²) in [5.74, 6) is 2.78. The molecule has 0 spiro atoms. The molecule has 2 heteroatoms. The van der Waals surface area contributed by atoms with Gasteiger partial charge in [-0.3, -0.25) is 4.98 Å². The van der Waals surface area contributed by atoms with Crippen LogP contribution in [-0.4, -0.2) is 11.5 Å². The number of benzene rings is 1. The van der Waals surface area contributed by atoms with Crippen molar-refractivity contribution in [3.05, 3.63) is 42.1 Å². The second-order valence-electron chi connectivity index (χ2n) is 6.29. The molecule has 2 aliphatic carbocycles. The Labute approximate surface area is 120 Å². The van der Waals surface area contributed by atoms with Gasteiger partial charge in [0.1, 0.15) is 0 Å². The van der Waals surface area contributed by atoms with Crippen LogP contribution in [0.3, 0.4) is 0 Å². The van der Waals surface area contributed by atoms with Crippen molar-refractivity contribution in [1.29, 1.82) is 0 Å². The minimum Gasteiger partial charge on any atom is -0.310 e. The van der Waals surface area contributed by atoms with Crippen LogP contribution >= 0.6 is 0 Å². The van der Waals surface area contributed by atoms with Gasteiger partial charge in [0.2, 0.25) is 0 Å². The summed E-state index contributed by atoms with van der Waals surface area (Å²) in [6.45, 7) is 3.24. The lowest BCUT2D eigenvalue weighted by atomic mass is 9.94. The maximum Gasteiger partial charge on any atom is 0.0749 e. The van der Waals surface area contributed by atoms with Gasteiger partial charge in [-0.1, -0.05) is 37.6 Å². The van der Waals surface area contributed by atoms with E-state index in [0.717, 1.165) is 24.3 Å². The van der Waals surface area contributed by atoms with Crippen molar-refractivity contribution < 1.29 is 0 Å². The number of para-hydroxylation sites is 1. The molecule has 0 amide bonds. The second kappa shape index (κ2) is 4.85. The molecular formula is C18H22N2. The van der Waals surface area contributed by atoms with Crippen molar-refractivity contribution in [3.8, 4) is 0 Å². The van der Waals surface area contributed by atoms with Gasteiger partial charge in [-0.15, -0.1) is 0 Å². The fraction of sp³-hybridized carbons (Fsp3) is 0.500. The molecule has 1 heterocycles. The highest BCUT2D eigenvalue weighted by molar-refractivity contribution is 5.82. The average molecular weight is 266 g/mol. The molecule has 3 atom stereocenters. The topological polar surface area (TPSA) is 24.9 Å². The number of hydrogen-bond donors (Lipinski definition) is 1. The van der Waals surface area contributed by atoms with Crippen molar-refractivity contribution in [2.45, 2.75) is 32.2 Å². The first-order chi connectivity index (χ1) is 9.90.